The quantitative estimate of drug-likeness (QED) is 0.743. The Hall–Kier alpha value is -0.900. The van der Waals surface area contributed by atoms with Crippen molar-refractivity contribution in [1.82, 2.24) is 9.55 Å². The first-order chi connectivity index (χ1) is 8.66. The van der Waals surface area contributed by atoms with Gasteiger partial charge in [-0.2, -0.15) is 0 Å². The third kappa shape index (κ3) is 1.96. The summed E-state index contributed by atoms with van der Waals surface area (Å²) in [5, 5.41) is 0. The Kier molecular flexibility index (Phi) is 3.14. The monoisotopic (exact) mass is 310 g/mol. The van der Waals surface area contributed by atoms with Gasteiger partial charge in [0.05, 0.1) is 15.5 Å². The molecular weight excluding hydrogens is 295 g/mol. The second kappa shape index (κ2) is 4.65. The zero-order valence-corrected chi connectivity index (χ0v) is 12.0. The lowest BCUT2D eigenvalue weighted by Crippen LogP contribution is -2.14. The van der Waals surface area contributed by atoms with E-state index in [0.29, 0.717) is 10.5 Å². The van der Waals surface area contributed by atoms with Gasteiger partial charge in [-0.3, -0.25) is 0 Å². The zero-order chi connectivity index (χ0) is 12.7. The maximum atomic E-state index is 13.7. The molecule has 3 rings (SSSR count). The lowest BCUT2D eigenvalue weighted by Gasteiger charge is -2.25. The highest BCUT2D eigenvalue weighted by Crippen LogP contribution is 2.33. The van der Waals surface area contributed by atoms with E-state index in [1.54, 1.807) is 12.1 Å². The third-order valence-corrected chi connectivity index (χ3v) is 4.46. The second-order valence-corrected chi connectivity index (χ2v) is 5.93. The van der Waals surface area contributed by atoms with Crippen molar-refractivity contribution in [3.8, 4) is 0 Å². The number of aryl methyl sites for hydroxylation is 1. The van der Waals surface area contributed by atoms with Gasteiger partial charge in [-0.25, -0.2) is 9.37 Å². The first-order valence-corrected chi connectivity index (χ1v) is 7.29. The van der Waals surface area contributed by atoms with Gasteiger partial charge < -0.3 is 4.57 Å². The van der Waals surface area contributed by atoms with Crippen molar-refractivity contribution in [2.24, 2.45) is 0 Å². The van der Waals surface area contributed by atoms with Crippen LogP contribution in [0.4, 0.5) is 4.39 Å². The normalized spacial score (nSPS) is 17.5. The maximum absolute atomic E-state index is 13.7. The van der Waals surface area contributed by atoms with Crippen LogP contribution in [0.25, 0.3) is 11.0 Å². The molecular formula is C14H16BrFN2. The van der Waals surface area contributed by atoms with Gasteiger partial charge >= 0.3 is 0 Å². The molecule has 0 radical (unpaired) electrons. The minimum absolute atomic E-state index is 0.209. The number of benzene rings is 1. The summed E-state index contributed by atoms with van der Waals surface area (Å²) >= 11 is 3.22. The van der Waals surface area contributed by atoms with E-state index in [0.717, 1.165) is 16.9 Å². The van der Waals surface area contributed by atoms with Crippen LogP contribution in [0, 0.1) is 12.7 Å². The Labute approximate surface area is 114 Å². The van der Waals surface area contributed by atoms with Crippen LogP contribution >= 0.6 is 15.9 Å². The second-order valence-electron chi connectivity index (χ2n) is 5.08. The summed E-state index contributed by atoms with van der Waals surface area (Å²) in [5.74, 6) is 0.786. The Morgan fingerprint density at radius 1 is 1.28 bits per heavy atom. The van der Waals surface area contributed by atoms with Gasteiger partial charge in [0.2, 0.25) is 0 Å². The van der Waals surface area contributed by atoms with Gasteiger partial charge in [0.15, 0.2) is 0 Å². The lowest BCUT2D eigenvalue weighted by molar-refractivity contribution is 0.355. The van der Waals surface area contributed by atoms with Crippen molar-refractivity contribution in [3.05, 3.63) is 28.2 Å². The number of rotatable bonds is 1. The predicted molar refractivity (Wildman–Crippen MR) is 74.3 cm³/mol. The SMILES string of the molecule is Cc1nc2cc(Br)c(F)cc2n1C1CCCCC1. The van der Waals surface area contributed by atoms with Crippen LogP contribution in [0.3, 0.4) is 0 Å². The summed E-state index contributed by atoms with van der Waals surface area (Å²) < 4.78 is 16.4. The molecule has 0 saturated heterocycles. The number of hydrogen-bond acceptors (Lipinski definition) is 1. The molecule has 1 saturated carbocycles. The van der Waals surface area contributed by atoms with Gasteiger partial charge in [-0.05, 0) is 41.8 Å². The Morgan fingerprint density at radius 2 is 2.00 bits per heavy atom. The molecule has 0 spiro atoms. The van der Waals surface area contributed by atoms with Crippen LogP contribution in [0.5, 0.6) is 0 Å². The fourth-order valence-corrected chi connectivity index (χ4v) is 3.34. The van der Waals surface area contributed by atoms with Crippen LogP contribution < -0.4 is 0 Å². The minimum Gasteiger partial charge on any atom is -0.325 e. The minimum atomic E-state index is -0.209. The van der Waals surface area contributed by atoms with E-state index in [1.165, 1.54) is 32.1 Å². The first kappa shape index (κ1) is 12.2. The molecule has 2 nitrogen and oxygen atoms in total. The summed E-state index contributed by atoms with van der Waals surface area (Å²) in [6, 6.07) is 3.87. The van der Waals surface area contributed by atoms with Gasteiger partial charge in [-0.15, -0.1) is 0 Å². The Morgan fingerprint density at radius 3 is 2.72 bits per heavy atom. The molecule has 1 aliphatic carbocycles. The molecule has 1 fully saturated rings. The highest BCUT2D eigenvalue weighted by atomic mass is 79.9. The Balaban J connectivity index is 2.15. The van der Waals surface area contributed by atoms with Crippen molar-refractivity contribution < 1.29 is 4.39 Å². The van der Waals surface area contributed by atoms with E-state index < -0.39 is 0 Å². The summed E-state index contributed by atoms with van der Waals surface area (Å²) in [7, 11) is 0. The van der Waals surface area contributed by atoms with Crippen molar-refractivity contribution in [2.75, 3.05) is 0 Å². The molecule has 0 amide bonds. The molecule has 0 bridgehead atoms. The van der Waals surface area contributed by atoms with Crippen molar-refractivity contribution in [2.45, 2.75) is 45.1 Å². The van der Waals surface area contributed by atoms with Crippen LogP contribution in [0.2, 0.25) is 0 Å². The Bertz CT molecular complexity index is 585. The summed E-state index contributed by atoms with van der Waals surface area (Å²) in [4.78, 5) is 4.56. The summed E-state index contributed by atoms with van der Waals surface area (Å²) in [5.41, 5.74) is 1.81. The molecule has 4 heteroatoms. The predicted octanol–water partition coefficient (Wildman–Crippen LogP) is 4.75. The smallest absolute Gasteiger partial charge is 0.139 e. The number of imidazole rings is 1. The summed E-state index contributed by atoms with van der Waals surface area (Å²) in [6.45, 7) is 2.01. The van der Waals surface area contributed by atoms with E-state index in [1.807, 2.05) is 6.92 Å². The highest BCUT2D eigenvalue weighted by molar-refractivity contribution is 9.10. The van der Waals surface area contributed by atoms with Crippen LogP contribution in [-0.2, 0) is 0 Å². The van der Waals surface area contributed by atoms with Gasteiger partial charge in [0.1, 0.15) is 11.6 Å². The van der Waals surface area contributed by atoms with Gasteiger partial charge in [0, 0.05) is 12.1 Å². The molecule has 0 unspecified atom stereocenters. The van der Waals surface area contributed by atoms with E-state index in [9.17, 15) is 4.39 Å². The lowest BCUT2D eigenvalue weighted by atomic mass is 9.95. The topological polar surface area (TPSA) is 17.8 Å². The van der Waals surface area contributed by atoms with Gasteiger partial charge in [0.25, 0.3) is 0 Å². The van der Waals surface area contributed by atoms with E-state index in [4.69, 9.17) is 0 Å². The van der Waals surface area contributed by atoms with Crippen LogP contribution in [0.1, 0.15) is 44.0 Å². The highest BCUT2D eigenvalue weighted by Gasteiger charge is 2.20. The third-order valence-electron chi connectivity index (χ3n) is 3.85. The number of fused-ring (bicyclic) bond motifs is 1. The number of nitrogens with zero attached hydrogens (tertiary/aromatic N) is 2. The fraction of sp³-hybridized carbons (Fsp3) is 0.500. The molecule has 1 aromatic carbocycles. The summed E-state index contributed by atoms with van der Waals surface area (Å²) in [6.07, 6.45) is 6.22. The molecule has 1 aliphatic rings. The van der Waals surface area contributed by atoms with Crippen LogP contribution in [-0.4, -0.2) is 9.55 Å². The first-order valence-electron chi connectivity index (χ1n) is 6.50. The molecule has 2 aromatic rings. The molecule has 1 heterocycles. The molecule has 0 atom stereocenters. The van der Waals surface area contributed by atoms with E-state index in [2.05, 4.69) is 25.5 Å². The number of aromatic nitrogens is 2. The van der Waals surface area contributed by atoms with Gasteiger partial charge in [-0.1, -0.05) is 19.3 Å². The maximum Gasteiger partial charge on any atom is 0.139 e. The number of halogens is 2. The molecule has 1 aromatic heterocycles. The van der Waals surface area contributed by atoms with E-state index in [-0.39, 0.29) is 5.82 Å². The number of hydrogen-bond donors (Lipinski definition) is 0. The zero-order valence-electron chi connectivity index (χ0n) is 10.4. The average molecular weight is 311 g/mol. The standard InChI is InChI=1S/C14H16BrFN2/c1-9-17-13-7-11(15)12(16)8-14(13)18(9)10-5-3-2-4-6-10/h7-8,10H,2-6H2,1H3. The molecule has 0 aliphatic heterocycles. The van der Waals surface area contributed by atoms with Crippen molar-refractivity contribution >= 4 is 27.0 Å². The van der Waals surface area contributed by atoms with Crippen molar-refractivity contribution in [3.63, 3.8) is 0 Å². The average Bonchev–Trinajstić information content (AvgIpc) is 2.66. The largest absolute Gasteiger partial charge is 0.325 e. The van der Waals surface area contributed by atoms with E-state index >= 15 is 0 Å². The van der Waals surface area contributed by atoms with Crippen molar-refractivity contribution in [1.29, 1.82) is 0 Å². The molecule has 0 N–H and O–H groups in total. The molecule has 96 valence electrons. The molecule has 18 heavy (non-hydrogen) atoms. The fourth-order valence-electron chi connectivity index (χ4n) is 3.01. The van der Waals surface area contributed by atoms with Crippen LogP contribution in [0.15, 0.2) is 16.6 Å².